The van der Waals surface area contributed by atoms with Crippen LogP contribution in [0, 0.1) is 0 Å². The van der Waals surface area contributed by atoms with Gasteiger partial charge in [-0.05, 0) is 38.5 Å². The number of aliphatic carboxylic acids is 1. The number of hydrogen-bond donors (Lipinski definition) is 0. The van der Waals surface area contributed by atoms with E-state index >= 15 is 0 Å². The van der Waals surface area contributed by atoms with Gasteiger partial charge in [-0.3, -0.25) is 9.59 Å². The Hall–Kier alpha value is -1.93. The van der Waals surface area contributed by atoms with Gasteiger partial charge in [0.2, 0.25) is 0 Å². The van der Waals surface area contributed by atoms with Gasteiger partial charge in [-0.25, -0.2) is 0 Å². The molecule has 0 aromatic rings. The van der Waals surface area contributed by atoms with Crippen LogP contribution in [-0.2, 0) is 28.6 Å². The minimum absolute atomic E-state index is 0.0450. The van der Waals surface area contributed by atoms with Crippen molar-refractivity contribution in [3.8, 4) is 0 Å². The number of unbranched alkanes of at least 4 members (excludes halogenated alkanes) is 27. The fourth-order valence-corrected chi connectivity index (χ4v) is 7.18. The van der Waals surface area contributed by atoms with E-state index in [1.165, 1.54) is 154 Å². The molecule has 0 radical (unpaired) electrons. The molecule has 0 aromatic heterocycles. The molecular formula is C48H91NO7. The van der Waals surface area contributed by atoms with E-state index < -0.39 is 18.1 Å². The summed E-state index contributed by atoms with van der Waals surface area (Å²) in [5.41, 5.74) is 0. The monoisotopic (exact) mass is 794 g/mol. The zero-order chi connectivity index (χ0) is 41.4. The molecule has 0 aliphatic carbocycles. The van der Waals surface area contributed by atoms with Crippen LogP contribution in [0.15, 0.2) is 12.2 Å². The van der Waals surface area contributed by atoms with E-state index in [9.17, 15) is 19.5 Å². The second kappa shape index (κ2) is 39.9. The van der Waals surface area contributed by atoms with Gasteiger partial charge in [0.15, 0.2) is 6.10 Å². The summed E-state index contributed by atoms with van der Waals surface area (Å²) in [4.78, 5) is 36.8. The lowest BCUT2D eigenvalue weighted by Crippen LogP contribution is -2.55. The molecule has 8 nitrogen and oxygen atoms in total. The van der Waals surface area contributed by atoms with Gasteiger partial charge in [-0.1, -0.05) is 180 Å². The van der Waals surface area contributed by atoms with Crippen LogP contribution in [0.4, 0.5) is 0 Å². The lowest BCUT2D eigenvalue weighted by Gasteiger charge is -2.34. The van der Waals surface area contributed by atoms with Gasteiger partial charge < -0.3 is 28.6 Å². The van der Waals surface area contributed by atoms with Crippen molar-refractivity contribution in [1.82, 2.24) is 0 Å². The van der Waals surface area contributed by atoms with Crippen LogP contribution in [0.25, 0.3) is 0 Å². The number of nitrogens with zero attached hydrogens (tertiary/aromatic N) is 1. The third-order valence-corrected chi connectivity index (χ3v) is 10.9. The number of carboxylic acids is 1. The maximum atomic E-state index is 12.7. The van der Waals surface area contributed by atoms with Crippen LogP contribution in [0.3, 0.4) is 0 Å². The Morgan fingerprint density at radius 1 is 0.518 bits per heavy atom. The predicted octanol–water partition coefficient (Wildman–Crippen LogP) is 11.8. The molecule has 0 aliphatic heterocycles. The highest BCUT2D eigenvalue weighted by Crippen LogP contribution is 2.15. The maximum Gasteiger partial charge on any atom is 0.306 e. The van der Waals surface area contributed by atoms with E-state index in [4.69, 9.17) is 14.2 Å². The van der Waals surface area contributed by atoms with Crippen molar-refractivity contribution >= 4 is 17.9 Å². The van der Waals surface area contributed by atoms with Gasteiger partial charge in [0.1, 0.15) is 12.6 Å². The third-order valence-electron chi connectivity index (χ3n) is 10.9. The number of rotatable bonds is 43. The number of carbonyl (C=O) groups is 3. The lowest BCUT2D eigenvalue weighted by atomic mass is 10.1. The molecule has 0 saturated heterocycles. The van der Waals surface area contributed by atoms with Crippen molar-refractivity contribution in [2.45, 2.75) is 238 Å². The first-order chi connectivity index (χ1) is 27.1. The molecule has 330 valence electrons. The van der Waals surface area contributed by atoms with Crippen LogP contribution in [0.2, 0.25) is 0 Å². The van der Waals surface area contributed by atoms with Crippen LogP contribution < -0.4 is 5.11 Å². The zero-order valence-corrected chi connectivity index (χ0v) is 37.6. The quantitative estimate of drug-likeness (QED) is 0.0262. The first-order valence-electron chi connectivity index (χ1n) is 23.7. The minimum atomic E-state index is -1.12. The van der Waals surface area contributed by atoms with E-state index in [0.29, 0.717) is 12.8 Å². The molecule has 0 saturated carbocycles. The fourth-order valence-electron chi connectivity index (χ4n) is 7.18. The summed E-state index contributed by atoms with van der Waals surface area (Å²) >= 11 is 0. The van der Waals surface area contributed by atoms with Crippen LogP contribution >= 0.6 is 0 Å². The molecule has 8 heteroatoms. The maximum absolute atomic E-state index is 12.7. The Morgan fingerprint density at radius 3 is 1.29 bits per heavy atom. The number of carbonyl (C=O) groups excluding carboxylic acids is 3. The topological polar surface area (TPSA) is 102 Å². The van der Waals surface area contributed by atoms with Gasteiger partial charge >= 0.3 is 11.9 Å². The third kappa shape index (κ3) is 37.6. The Bertz CT molecular complexity index is 931. The van der Waals surface area contributed by atoms with E-state index in [1.54, 1.807) is 21.1 Å². The summed E-state index contributed by atoms with van der Waals surface area (Å²) in [5, 5.41) is 11.6. The number of carboxylic acid groups (broad SMARTS) is 1. The molecule has 56 heavy (non-hydrogen) atoms. The average molecular weight is 794 g/mol. The molecule has 0 fully saturated rings. The van der Waals surface area contributed by atoms with Crippen LogP contribution in [0.5, 0.6) is 0 Å². The summed E-state index contributed by atoms with van der Waals surface area (Å²) in [6, 6.07) is -0.721. The van der Waals surface area contributed by atoms with Crippen LogP contribution in [-0.4, -0.2) is 75.5 Å². The molecule has 0 bridgehead atoms. The Labute approximate surface area is 346 Å². The number of esters is 2. The fraction of sp³-hybridized carbons (Fsp3) is 0.896. The molecule has 0 N–H and O–H groups in total. The Balaban J connectivity index is 4.19. The van der Waals surface area contributed by atoms with Crippen molar-refractivity contribution < 1.29 is 38.2 Å². The standard InChI is InChI=1S/C48H91NO7/c1-6-8-10-12-14-16-18-19-20-21-22-23-24-25-26-27-29-30-32-34-36-38-46(50)55-43-44(42-54-41-40-45(48(52)53)49(3,4)5)56-47(51)39-37-35-33-31-28-17-15-13-11-9-7-2/h23-24,44-45H,6-22,25-43H2,1-5H3/b24-23+. The average Bonchev–Trinajstić information content (AvgIpc) is 3.15. The van der Waals surface area contributed by atoms with Crippen molar-refractivity contribution in [2.24, 2.45) is 0 Å². The Morgan fingerprint density at radius 2 is 0.893 bits per heavy atom. The summed E-state index contributed by atoms with van der Waals surface area (Å²) in [6.45, 7) is 4.68. The SMILES string of the molecule is CCCCCCCCCCCC/C=C/CCCCCCCCCC(=O)OCC(COCCC(C(=O)[O-])[N+](C)(C)C)OC(=O)CCCCCCCCCCCCC. The lowest BCUT2D eigenvalue weighted by molar-refractivity contribution is -0.889. The minimum Gasteiger partial charge on any atom is -0.544 e. The van der Waals surface area contributed by atoms with Gasteiger partial charge in [-0.15, -0.1) is 0 Å². The summed E-state index contributed by atoms with van der Waals surface area (Å²) in [7, 11) is 5.41. The molecule has 0 aromatic carbocycles. The van der Waals surface area contributed by atoms with E-state index in [1.807, 2.05) is 0 Å². The molecule has 2 atom stereocenters. The normalized spacial score (nSPS) is 12.9. The smallest absolute Gasteiger partial charge is 0.306 e. The van der Waals surface area contributed by atoms with Crippen molar-refractivity contribution in [3.63, 3.8) is 0 Å². The van der Waals surface area contributed by atoms with Crippen molar-refractivity contribution in [2.75, 3.05) is 41.0 Å². The van der Waals surface area contributed by atoms with E-state index in [0.717, 1.165) is 38.5 Å². The molecule has 0 spiro atoms. The number of ether oxygens (including phenoxy) is 3. The largest absolute Gasteiger partial charge is 0.544 e. The summed E-state index contributed by atoms with van der Waals surface area (Å²) in [6.07, 6.45) is 42.4. The molecule has 0 amide bonds. The van der Waals surface area contributed by atoms with Gasteiger partial charge in [-0.2, -0.15) is 0 Å². The molecule has 0 aliphatic rings. The van der Waals surface area contributed by atoms with E-state index in [-0.39, 0.29) is 42.7 Å². The molecule has 0 heterocycles. The highest BCUT2D eigenvalue weighted by Gasteiger charge is 2.25. The highest BCUT2D eigenvalue weighted by molar-refractivity contribution is 5.70. The van der Waals surface area contributed by atoms with Gasteiger partial charge in [0.05, 0.1) is 40.3 Å². The number of hydrogen-bond acceptors (Lipinski definition) is 7. The molecular weight excluding hydrogens is 703 g/mol. The van der Waals surface area contributed by atoms with Gasteiger partial charge in [0.25, 0.3) is 0 Å². The number of allylic oxidation sites excluding steroid dienone is 2. The number of quaternary nitrogens is 1. The highest BCUT2D eigenvalue weighted by atomic mass is 16.6. The molecule has 2 unspecified atom stereocenters. The summed E-state index contributed by atoms with van der Waals surface area (Å²) in [5.74, 6) is -1.73. The van der Waals surface area contributed by atoms with Crippen LogP contribution in [0.1, 0.15) is 226 Å². The van der Waals surface area contributed by atoms with Gasteiger partial charge in [0, 0.05) is 19.3 Å². The second-order valence-corrected chi connectivity index (χ2v) is 17.4. The zero-order valence-electron chi connectivity index (χ0n) is 37.6. The Kier molecular flexibility index (Phi) is 38.5. The van der Waals surface area contributed by atoms with Crippen molar-refractivity contribution in [1.29, 1.82) is 0 Å². The first kappa shape index (κ1) is 54.1. The second-order valence-electron chi connectivity index (χ2n) is 17.4. The number of likely N-dealkylation sites (N-methyl/N-ethyl adjacent to an activating group) is 1. The van der Waals surface area contributed by atoms with Crippen molar-refractivity contribution in [3.05, 3.63) is 12.2 Å². The molecule has 0 rings (SSSR count). The first-order valence-corrected chi connectivity index (χ1v) is 23.7. The van der Waals surface area contributed by atoms with E-state index in [2.05, 4.69) is 26.0 Å². The predicted molar refractivity (Wildman–Crippen MR) is 231 cm³/mol. The summed E-state index contributed by atoms with van der Waals surface area (Å²) < 4.78 is 17.2.